The number of aliphatic imine (C=N–C) groups is 1. The van der Waals surface area contributed by atoms with E-state index in [1.165, 1.54) is 0 Å². The van der Waals surface area contributed by atoms with Crippen LogP contribution >= 0.6 is 11.8 Å². The van der Waals surface area contributed by atoms with Gasteiger partial charge < -0.3 is 9.73 Å². The molecule has 5 heteroatoms. The highest BCUT2D eigenvalue weighted by Gasteiger charge is 2.39. The Morgan fingerprint density at radius 1 is 1.33 bits per heavy atom. The first kappa shape index (κ1) is 15.5. The van der Waals surface area contributed by atoms with Crippen LogP contribution in [-0.4, -0.2) is 16.2 Å². The zero-order valence-corrected chi connectivity index (χ0v) is 14.7. The number of hydrogen-bond acceptors (Lipinski definition) is 4. The van der Waals surface area contributed by atoms with Crippen molar-refractivity contribution >= 4 is 22.7 Å². The third-order valence-electron chi connectivity index (χ3n) is 4.72. The van der Waals surface area contributed by atoms with Crippen LogP contribution in [0, 0.1) is 6.92 Å². The van der Waals surface area contributed by atoms with E-state index in [1.54, 1.807) is 0 Å². The number of thioether (sulfide) groups is 1. The summed E-state index contributed by atoms with van der Waals surface area (Å²) >= 11 is 1.85. The highest BCUT2D eigenvalue weighted by atomic mass is 32.2. The molecule has 0 unspecified atom stereocenters. The predicted octanol–water partition coefficient (Wildman–Crippen LogP) is 4.04. The molecule has 124 valence electrons. The van der Waals surface area contributed by atoms with Gasteiger partial charge in [0.1, 0.15) is 5.76 Å². The summed E-state index contributed by atoms with van der Waals surface area (Å²) in [5.41, 5.74) is 3.16. The molecule has 2 heterocycles. The van der Waals surface area contributed by atoms with Crippen molar-refractivity contribution in [3.05, 3.63) is 58.5 Å². The van der Waals surface area contributed by atoms with E-state index in [0.717, 1.165) is 40.3 Å². The van der Waals surface area contributed by atoms with Gasteiger partial charge in [-0.15, -0.1) is 11.8 Å². The van der Waals surface area contributed by atoms with Gasteiger partial charge in [-0.25, -0.2) is 0 Å². The molecule has 0 saturated carbocycles. The van der Waals surface area contributed by atoms with E-state index in [0.29, 0.717) is 17.6 Å². The van der Waals surface area contributed by atoms with Crippen molar-refractivity contribution in [3.8, 4) is 0 Å². The molecule has 2 atom stereocenters. The number of furan rings is 1. The van der Waals surface area contributed by atoms with E-state index >= 15 is 0 Å². The highest BCUT2D eigenvalue weighted by molar-refractivity contribution is 8.14. The van der Waals surface area contributed by atoms with Crippen molar-refractivity contribution in [2.24, 2.45) is 4.99 Å². The van der Waals surface area contributed by atoms with Crippen molar-refractivity contribution < 1.29 is 9.21 Å². The monoisotopic (exact) mass is 340 g/mol. The smallest absolute Gasteiger partial charge is 0.287 e. The summed E-state index contributed by atoms with van der Waals surface area (Å²) in [6, 6.07) is 10.1. The second kappa shape index (κ2) is 6.13. The number of nitrogens with one attached hydrogen (secondary N) is 1. The maximum atomic E-state index is 12.6. The van der Waals surface area contributed by atoms with Gasteiger partial charge in [0, 0.05) is 29.3 Å². The molecule has 1 aliphatic carbocycles. The van der Waals surface area contributed by atoms with Crippen LogP contribution in [0.1, 0.15) is 52.4 Å². The molecule has 2 aromatic rings. The third kappa shape index (κ3) is 2.67. The van der Waals surface area contributed by atoms with Crippen LogP contribution in [0.2, 0.25) is 0 Å². The summed E-state index contributed by atoms with van der Waals surface area (Å²) in [5, 5.41) is 4.59. The lowest BCUT2D eigenvalue weighted by molar-refractivity contribution is 0.0920. The average molecular weight is 340 g/mol. The number of rotatable bonds is 3. The van der Waals surface area contributed by atoms with Gasteiger partial charge in [-0.1, -0.05) is 30.3 Å². The Kier molecular flexibility index (Phi) is 3.96. The molecule has 1 aliphatic heterocycles. The fraction of sp³-hybridized carbons (Fsp3) is 0.368. The number of amides is 1. The summed E-state index contributed by atoms with van der Waals surface area (Å²) in [6.07, 6.45) is 1.94. The van der Waals surface area contributed by atoms with E-state index in [2.05, 4.69) is 12.2 Å². The van der Waals surface area contributed by atoms with E-state index in [-0.39, 0.29) is 11.9 Å². The number of carbonyl (C=O) groups excluding carboxylic acids is 1. The van der Waals surface area contributed by atoms with Crippen LogP contribution in [-0.2, 0) is 13.0 Å². The fourth-order valence-electron chi connectivity index (χ4n) is 3.57. The topological polar surface area (TPSA) is 54.6 Å². The summed E-state index contributed by atoms with van der Waals surface area (Å²) in [5.74, 6) is 1.24. The zero-order valence-electron chi connectivity index (χ0n) is 13.8. The molecule has 4 nitrogen and oxygen atoms in total. The number of hydrogen-bond donors (Lipinski definition) is 1. The molecule has 0 spiro atoms. The molecule has 0 fully saturated rings. The molecule has 2 aliphatic rings. The molecule has 1 N–H and O–H groups in total. The predicted molar refractivity (Wildman–Crippen MR) is 96.6 cm³/mol. The van der Waals surface area contributed by atoms with Crippen LogP contribution in [0.5, 0.6) is 0 Å². The second-order valence-electron chi connectivity index (χ2n) is 6.35. The number of aryl methyl sites for hydroxylation is 1. The molecule has 24 heavy (non-hydrogen) atoms. The Bertz CT molecular complexity index is 810. The van der Waals surface area contributed by atoms with Crippen LogP contribution in [0.15, 0.2) is 39.7 Å². The van der Waals surface area contributed by atoms with Crippen LogP contribution in [0.25, 0.3) is 0 Å². The van der Waals surface area contributed by atoms with Gasteiger partial charge in [0.25, 0.3) is 5.91 Å². The van der Waals surface area contributed by atoms with Crippen molar-refractivity contribution in [1.82, 2.24) is 5.32 Å². The SMILES string of the molecule is CC1=N[C@@H]2c3c(oc(C(=O)NCc4ccccc4)c3C)CC[C@H]2S1. The van der Waals surface area contributed by atoms with Crippen LogP contribution in [0.3, 0.4) is 0 Å². The first-order valence-electron chi connectivity index (χ1n) is 8.29. The molecular weight excluding hydrogens is 320 g/mol. The number of nitrogens with zero attached hydrogens (tertiary/aromatic N) is 1. The maximum absolute atomic E-state index is 12.6. The number of benzene rings is 1. The van der Waals surface area contributed by atoms with Gasteiger partial charge in [-0.05, 0) is 25.8 Å². The van der Waals surface area contributed by atoms with Crippen LogP contribution in [0.4, 0.5) is 0 Å². The van der Waals surface area contributed by atoms with Gasteiger partial charge in [-0.3, -0.25) is 9.79 Å². The molecule has 4 rings (SSSR count). The molecule has 1 aromatic carbocycles. The fourth-order valence-corrected chi connectivity index (χ4v) is 4.74. The van der Waals surface area contributed by atoms with Gasteiger partial charge >= 0.3 is 0 Å². The third-order valence-corrected chi connectivity index (χ3v) is 5.96. The highest BCUT2D eigenvalue weighted by Crippen LogP contribution is 2.47. The molecule has 1 aromatic heterocycles. The minimum Gasteiger partial charge on any atom is -0.455 e. The average Bonchev–Trinajstić information content (AvgIpc) is 3.13. The minimum atomic E-state index is -0.145. The molecule has 0 saturated heterocycles. The van der Waals surface area contributed by atoms with Crippen molar-refractivity contribution in [1.29, 1.82) is 0 Å². The van der Waals surface area contributed by atoms with E-state index < -0.39 is 0 Å². The van der Waals surface area contributed by atoms with Crippen LogP contribution < -0.4 is 5.32 Å². The Balaban J connectivity index is 1.57. The summed E-state index contributed by atoms with van der Waals surface area (Å²) in [7, 11) is 0. The largest absolute Gasteiger partial charge is 0.455 e. The van der Waals surface area contributed by atoms with Crippen molar-refractivity contribution in [2.75, 3.05) is 0 Å². The lowest BCUT2D eigenvalue weighted by atomic mass is 9.90. The van der Waals surface area contributed by atoms with E-state index in [9.17, 15) is 4.79 Å². The molecular formula is C19H20N2O2S. The Morgan fingerprint density at radius 2 is 2.12 bits per heavy atom. The van der Waals surface area contributed by atoms with Gasteiger partial charge in [0.15, 0.2) is 5.76 Å². The number of carbonyl (C=O) groups is 1. The lowest BCUT2D eigenvalue weighted by Crippen LogP contribution is -2.23. The maximum Gasteiger partial charge on any atom is 0.287 e. The van der Waals surface area contributed by atoms with Crippen molar-refractivity contribution in [2.45, 2.75) is 44.5 Å². The Labute approximate surface area is 145 Å². The summed E-state index contributed by atoms with van der Waals surface area (Å²) in [4.78, 5) is 17.3. The quantitative estimate of drug-likeness (QED) is 0.917. The Hall–Kier alpha value is -2.01. The van der Waals surface area contributed by atoms with Gasteiger partial charge in [-0.2, -0.15) is 0 Å². The normalized spacial score (nSPS) is 21.8. The first-order chi connectivity index (χ1) is 11.6. The Morgan fingerprint density at radius 3 is 2.92 bits per heavy atom. The number of fused-ring (bicyclic) bond motifs is 3. The van der Waals surface area contributed by atoms with Gasteiger partial charge in [0.05, 0.1) is 11.1 Å². The summed E-state index contributed by atoms with van der Waals surface area (Å²) < 4.78 is 5.94. The van der Waals surface area contributed by atoms with E-state index in [1.807, 2.05) is 49.0 Å². The van der Waals surface area contributed by atoms with E-state index in [4.69, 9.17) is 9.41 Å². The minimum absolute atomic E-state index is 0.145. The molecule has 0 radical (unpaired) electrons. The zero-order chi connectivity index (χ0) is 16.7. The standard InChI is InChI=1S/C19H20N2O2S/c1-11-16-14(8-9-15-17(16)21-12(2)24-15)23-18(11)19(22)20-10-13-6-4-3-5-7-13/h3-7,15,17H,8-10H2,1-2H3,(H,20,22)/t15-,17+/m1/s1. The first-order valence-corrected chi connectivity index (χ1v) is 9.17. The van der Waals surface area contributed by atoms with Gasteiger partial charge in [0.2, 0.25) is 0 Å². The van der Waals surface area contributed by atoms with Crippen molar-refractivity contribution in [3.63, 3.8) is 0 Å². The summed E-state index contributed by atoms with van der Waals surface area (Å²) in [6.45, 7) is 4.55. The molecule has 0 bridgehead atoms. The lowest BCUT2D eigenvalue weighted by Gasteiger charge is -2.22. The molecule has 1 amide bonds. The second-order valence-corrected chi connectivity index (χ2v) is 7.78.